The largest absolute Gasteiger partial charge is 0.460 e. The highest BCUT2D eigenvalue weighted by molar-refractivity contribution is 14.1. The molecule has 1 aromatic carbocycles. The minimum absolute atomic E-state index is 0.0984. The van der Waals surface area contributed by atoms with Gasteiger partial charge in [-0.1, -0.05) is 18.2 Å². The summed E-state index contributed by atoms with van der Waals surface area (Å²) in [5, 5.41) is 2.53. The molecule has 0 spiro atoms. The molecule has 0 saturated heterocycles. The smallest absolute Gasteiger partial charge is 0.352 e. The van der Waals surface area contributed by atoms with Gasteiger partial charge in [0.15, 0.2) is 0 Å². The zero-order chi connectivity index (χ0) is 22.5. The summed E-state index contributed by atoms with van der Waals surface area (Å²) in [6.07, 6.45) is -7.36. The molecule has 0 heterocycles. The summed E-state index contributed by atoms with van der Waals surface area (Å²) in [5.74, 6) is -19.7. The van der Waals surface area contributed by atoms with E-state index in [9.17, 15) is 44.3 Å². The van der Waals surface area contributed by atoms with E-state index in [2.05, 4.69) is 5.32 Å². The standard InChI is InChI=1S/C17H15F9INO/c18-14(19,15(20,21)16(22,23)17(24,25)26)10-12(27)8-4-5-9-28-13(29)11-6-2-1-3-7-11/h1-3,6-7,10H,4-5,8-9H2,(H,28,29). The van der Waals surface area contributed by atoms with Crippen LogP contribution in [0.15, 0.2) is 40.0 Å². The van der Waals surface area contributed by atoms with Gasteiger partial charge in [-0.2, -0.15) is 39.5 Å². The van der Waals surface area contributed by atoms with E-state index in [4.69, 9.17) is 0 Å². The first-order valence-electron chi connectivity index (χ1n) is 8.04. The van der Waals surface area contributed by atoms with Crippen molar-refractivity contribution in [3.63, 3.8) is 0 Å². The van der Waals surface area contributed by atoms with Crippen molar-refractivity contribution >= 4 is 28.5 Å². The number of unbranched alkanes of at least 4 members (excludes halogenated alkanes) is 1. The number of hydrogen-bond donors (Lipinski definition) is 1. The van der Waals surface area contributed by atoms with Crippen LogP contribution in [0, 0.1) is 0 Å². The van der Waals surface area contributed by atoms with Crippen molar-refractivity contribution in [3.8, 4) is 0 Å². The second-order valence-electron chi connectivity index (χ2n) is 5.94. The van der Waals surface area contributed by atoms with Gasteiger partial charge in [-0.05, 0) is 57.6 Å². The quantitative estimate of drug-likeness (QED) is 0.217. The number of carbonyl (C=O) groups is 1. The maximum atomic E-state index is 13.5. The first-order chi connectivity index (χ1) is 13.1. The Bertz CT molecular complexity index is 717. The molecule has 29 heavy (non-hydrogen) atoms. The highest BCUT2D eigenvalue weighted by Gasteiger charge is 2.81. The van der Waals surface area contributed by atoms with Gasteiger partial charge in [-0.3, -0.25) is 4.79 Å². The Morgan fingerprint density at radius 3 is 1.97 bits per heavy atom. The molecule has 0 fully saturated rings. The third-order valence-corrected chi connectivity index (χ3v) is 4.52. The van der Waals surface area contributed by atoms with Gasteiger partial charge in [-0.15, -0.1) is 0 Å². The van der Waals surface area contributed by atoms with Crippen molar-refractivity contribution in [2.75, 3.05) is 6.54 Å². The summed E-state index contributed by atoms with van der Waals surface area (Å²) in [6.45, 7) is 0.121. The van der Waals surface area contributed by atoms with Gasteiger partial charge in [0.25, 0.3) is 5.91 Å². The van der Waals surface area contributed by atoms with Crippen molar-refractivity contribution in [2.45, 2.75) is 43.2 Å². The fraction of sp³-hybridized carbons (Fsp3) is 0.471. The molecule has 1 N–H and O–H groups in total. The van der Waals surface area contributed by atoms with Gasteiger partial charge in [0.2, 0.25) is 0 Å². The van der Waals surface area contributed by atoms with E-state index in [0.717, 1.165) is 22.6 Å². The third kappa shape index (κ3) is 6.25. The summed E-state index contributed by atoms with van der Waals surface area (Å²) in [4.78, 5) is 11.7. The Morgan fingerprint density at radius 1 is 0.897 bits per heavy atom. The van der Waals surface area contributed by atoms with Crippen LogP contribution in [0.1, 0.15) is 29.6 Å². The van der Waals surface area contributed by atoms with Crippen LogP contribution < -0.4 is 5.32 Å². The first-order valence-corrected chi connectivity index (χ1v) is 9.12. The van der Waals surface area contributed by atoms with Gasteiger partial charge in [0.1, 0.15) is 0 Å². The van der Waals surface area contributed by atoms with Crippen LogP contribution in [0.3, 0.4) is 0 Å². The van der Waals surface area contributed by atoms with Crippen molar-refractivity contribution in [1.82, 2.24) is 5.32 Å². The molecule has 0 saturated carbocycles. The highest BCUT2D eigenvalue weighted by atomic mass is 127. The molecule has 0 aliphatic rings. The van der Waals surface area contributed by atoms with E-state index in [1.807, 2.05) is 0 Å². The second kappa shape index (κ2) is 9.56. The summed E-state index contributed by atoms with van der Waals surface area (Å²) in [5.41, 5.74) is 0.384. The van der Waals surface area contributed by atoms with Crippen LogP contribution in [-0.2, 0) is 0 Å². The zero-order valence-electron chi connectivity index (χ0n) is 14.5. The van der Waals surface area contributed by atoms with Gasteiger partial charge in [-0.25, -0.2) is 0 Å². The molecule has 2 nitrogen and oxygen atoms in total. The molecular formula is C17H15F9INO. The minimum atomic E-state index is -6.90. The molecule has 164 valence electrons. The first kappa shape index (κ1) is 25.6. The van der Waals surface area contributed by atoms with Crippen LogP contribution in [0.25, 0.3) is 0 Å². The summed E-state index contributed by atoms with van der Waals surface area (Å²) < 4.78 is 115. The number of hydrogen-bond acceptors (Lipinski definition) is 1. The molecule has 1 aromatic rings. The number of alkyl halides is 9. The summed E-state index contributed by atoms with van der Waals surface area (Å²) in [7, 11) is 0. The van der Waals surface area contributed by atoms with Crippen LogP contribution in [0.4, 0.5) is 39.5 Å². The number of halogens is 10. The lowest BCUT2D eigenvalue weighted by Gasteiger charge is -2.32. The molecule has 12 heteroatoms. The van der Waals surface area contributed by atoms with Crippen LogP contribution >= 0.6 is 22.6 Å². The number of rotatable bonds is 9. The molecule has 0 bridgehead atoms. The van der Waals surface area contributed by atoms with Gasteiger partial charge in [0.05, 0.1) is 0 Å². The normalized spacial score (nSPS) is 14.1. The van der Waals surface area contributed by atoms with Crippen LogP contribution in [-0.4, -0.2) is 36.4 Å². The second-order valence-corrected chi connectivity index (χ2v) is 7.33. The molecule has 0 aromatic heterocycles. The highest BCUT2D eigenvalue weighted by Crippen LogP contribution is 2.53. The Hall–Kier alpha value is -1.47. The van der Waals surface area contributed by atoms with Gasteiger partial charge in [0, 0.05) is 18.2 Å². The Kier molecular flexibility index (Phi) is 8.43. The molecule has 0 aliphatic carbocycles. The average Bonchev–Trinajstić information content (AvgIpc) is 2.60. The number of amides is 1. The Morgan fingerprint density at radius 2 is 1.45 bits per heavy atom. The molecule has 0 radical (unpaired) electrons. The van der Waals surface area contributed by atoms with E-state index in [1.54, 1.807) is 30.3 Å². The topological polar surface area (TPSA) is 29.1 Å². The maximum Gasteiger partial charge on any atom is 0.460 e. The molecule has 1 amide bonds. The predicted octanol–water partition coefficient (Wildman–Crippen LogP) is 6.37. The molecule has 0 unspecified atom stereocenters. The fourth-order valence-electron chi connectivity index (χ4n) is 2.06. The minimum Gasteiger partial charge on any atom is -0.352 e. The molecular weight excluding hydrogens is 532 g/mol. The van der Waals surface area contributed by atoms with Crippen molar-refractivity contribution in [3.05, 3.63) is 45.6 Å². The Balaban J connectivity index is 2.60. The van der Waals surface area contributed by atoms with Crippen LogP contribution in [0.5, 0.6) is 0 Å². The lowest BCUT2D eigenvalue weighted by atomic mass is 10.0. The Labute approximate surface area is 173 Å². The van der Waals surface area contributed by atoms with Crippen LogP contribution in [0.2, 0.25) is 0 Å². The summed E-state index contributed by atoms with van der Waals surface area (Å²) >= 11 is 1.16. The maximum absolute atomic E-state index is 13.5. The van der Waals surface area contributed by atoms with Crippen molar-refractivity contribution in [1.29, 1.82) is 0 Å². The van der Waals surface area contributed by atoms with Gasteiger partial charge < -0.3 is 5.32 Å². The van der Waals surface area contributed by atoms with E-state index in [-0.39, 0.29) is 25.8 Å². The van der Waals surface area contributed by atoms with Crippen molar-refractivity contribution < 1.29 is 44.3 Å². The number of allylic oxidation sites excluding steroid dienone is 2. The number of benzene rings is 1. The number of nitrogens with one attached hydrogen (secondary N) is 1. The number of carbonyl (C=O) groups excluding carboxylic acids is 1. The summed E-state index contributed by atoms with van der Waals surface area (Å²) in [6, 6.07) is 8.09. The predicted molar refractivity (Wildman–Crippen MR) is 95.6 cm³/mol. The lowest BCUT2D eigenvalue weighted by molar-refractivity contribution is -0.388. The van der Waals surface area contributed by atoms with E-state index in [1.165, 1.54) is 0 Å². The molecule has 0 aliphatic heterocycles. The molecule has 1 rings (SSSR count). The average molecular weight is 547 g/mol. The van der Waals surface area contributed by atoms with Gasteiger partial charge >= 0.3 is 23.9 Å². The van der Waals surface area contributed by atoms with E-state index >= 15 is 0 Å². The van der Waals surface area contributed by atoms with E-state index < -0.39 is 39.5 Å². The fourth-order valence-corrected chi connectivity index (χ4v) is 2.83. The molecule has 0 atom stereocenters. The zero-order valence-corrected chi connectivity index (χ0v) is 16.6. The van der Waals surface area contributed by atoms with E-state index in [0.29, 0.717) is 5.56 Å². The third-order valence-electron chi connectivity index (χ3n) is 3.67. The lowest BCUT2D eigenvalue weighted by Crippen LogP contribution is -2.60. The van der Waals surface area contributed by atoms with Crippen molar-refractivity contribution in [2.24, 2.45) is 0 Å². The monoisotopic (exact) mass is 547 g/mol. The SMILES string of the molecule is O=C(NCCCCC(I)=CC(F)(F)C(F)(F)C(F)(F)C(F)(F)F)c1ccccc1.